The second-order valence-electron chi connectivity index (χ2n) is 7.82. The van der Waals surface area contributed by atoms with E-state index in [1.807, 2.05) is 4.99 Å². The number of nitrogens with zero attached hydrogens (tertiary/aromatic N) is 5. The molecule has 24 heteroatoms. The van der Waals surface area contributed by atoms with E-state index >= 15 is 0 Å². The van der Waals surface area contributed by atoms with Crippen molar-refractivity contribution in [3.8, 4) is 0 Å². The first kappa shape index (κ1) is 41.7. The predicted molar refractivity (Wildman–Crippen MR) is 127 cm³/mol. The molecule has 9 nitrogen and oxygen atoms in total. The number of benzene rings is 2. The zero-order valence-electron chi connectivity index (χ0n) is 21.5. The molecular weight excluding hydrogens is 728 g/mol. The van der Waals surface area contributed by atoms with E-state index in [-0.39, 0.29) is 41.3 Å². The monoisotopic (exact) mass is 739 g/mol. The van der Waals surface area contributed by atoms with Crippen molar-refractivity contribution in [2.75, 3.05) is 0 Å². The predicted octanol–water partition coefficient (Wildman–Crippen LogP) is 9.10. The van der Waals surface area contributed by atoms with Crippen molar-refractivity contribution in [2.45, 2.75) is 36.0 Å². The van der Waals surface area contributed by atoms with E-state index in [4.69, 9.17) is 0 Å². The molecule has 0 bridgehead atoms. The zero-order valence-corrected chi connectivity index (χ0v) is 22.4. The quantitative estimate of drug-likeness (QED) is 0.0509. The average molecular weight is 740 g/mol. The largest absolute Gasteiger partial charge is 1.00 e. The molecule has 0 spiro atoms. The summed E-state index contributed by atoms with van der Waals surface area (Å²) in [4.78, 5) is 23.4. The molecule has 0 saturated carbocycles. The number of rotatable bonds is 8. The summed E-state index contributed by atoms with van der Waals surface area (Å²) in [6.07, 6.45) is -14.5. The van der Waals surface area contributed by atoms with Crippen LogP contribution in [-0.4, -0.2) is 57.6 Å². The molecule has 0 aliphatic rings. The van der Waals surface area contributed by atoms with E-state index in [9.17, 15) is 81.7 Å². The van der Waals surface area contributed by atoms with Crippen molar-refractivity contribution < 1.29 is 88.4 Å². The fourth-order valence-electron chi connectivity index (χ4n) is 2.61. The van der Waals surface area contributed by atoms with Gasteiger partial charge in [0.1, 0.15) is 5.84 Å². The maximum absolute atomic E-state index is 14.6. The Morgan fingerprint density at radius 1 is 0.630 bits per heavy atom. The van der Waals surface area contributed by atoms with E-state index in [0.717, 1.165) is 0 Å². The summed E-state index contributed by atoms with van der Waals surface area (Å²) in [6, 6.07) is 2.50. The summed E-state index contributed by atoms with van der Waals surface area (Å²) in [5, 5.41) is 23.9. The molecule has 2 rings (SSSR count). The van der Waals surface area contributed by atoms with Crippen LogP contribution in [0.5, 0.6) is 0 Å². The molecule has 0 atom stereocenters. The van der Waals surface area contributed by atoms with Gasteiger partial charge in [-0.05, 0) is 23.7 Å². The first-order valence-corrected chi connectivity index (χ1v) is 10.8. The number of nitro benzene ring substituents is 2. The Balaban J connectivity index is 0.00000661. The van der Waals surface area contributed by atoms with E-state index < -0.39 is 80.3 Å². The van der Waals surface area contributed by atoms with Crippen LogP contribution in [0.2, 0.25) is 0 Å². The van der Waals surface area contributed by atoms with Crippen LogP contribution in [-0.2, 0) is 17.1 Å². The number of halogens is 14. The molecule has 0 N–H and O–H groups in total. The van der Waals surface area contributed by atoms with Gasteiger partial charge in [-0.25, -0.2) is 0 Å². The van der Waals surface area contributed by atoms with Crippen molar-refractivity contribution in [1.82, 2.24) is 0 Å². The summed E-state index contributed by atoms with van der Waals surface area (Å²) in [6.45, 7) is 6.00. The van der Waals surface area contributed by atoms with E-state index in [1.54, 1.807) is 0 Å². The van der Waals surface area contributed by atoms with Crippen LogP contribution in [0, 0.1) is 20.2 Å². The number of hydrogen-bond donors (Lipinski definition) is 0. The Hall–Kier alpha value is -4.34. The second-order valence-corrected chi connectivity index (χ2v) is 7.82. The molecule has 0 aliphatic carbocycles. The Morgan fingerprint density at radius 2 is 0.978 bits per heavy atom. The minimum absolute atomic E-state index is 0. The molecule has 0 radical (unpaired) electrons. The van der Waals surface area contributed by atoms with Gasteiger partial charge in [0.05, 0.1) is 15.5 Å². The van der Waals surface area contributed by atoms with Crippen LogP contribution in [0.4, 0.5) is 84.2 Å². The molecule has 0 saturated heterocycles. The fraction of sp³-hybridized carbons (Fsp3) is 0.273. The molecule has 46 heavy (non-hydrogen) atoms. The molecule has 0 aromatic heterocycles. The van der Waals surface area contributed by atoms with Crippen LogP contribution in [0.25, 0.3) is 5.32 Å². The second kappa shape index (κ2) is 14.4. The van der Waals surface area contributed by atoms with Crippen LogP contribution < -0.4 is 0 Å². The van der Waals surface area contributed by atoms with Crippen LogP contribution >= 0.6 is 0 Å². The third-order valence-electron chi connectivity index (χ3n) is 4.87. The minimum atomic E-state index is -7.30. The topological polar surface area (TPSA) is 125 Å². The summed E-state index contributed by atoms with van der Waals surface area (Å²) in [5.74, 6) is -35.3. The molecular formula is C22H12CuF14N5O4. The van der Waals surface area contributed by atoms with Gasteiger partial charge in [0.2, 0.25) is 0 Å². The van der Waals surface area contributed by atoms with Crippen LogP contribution in [0.1, 0.15) is 0 Å². The fourth-order valence-corrected chi connectivity index (χ4v) is 2.61. The third-order valence-corrected chi connectivity index (χ3v) is 4.87. The Morgan fingerprint density at radius 3 is 1.33 bits per heavy atom. The van der Waals surface area contributed by atoms with E-state index in [1.165, 1.54) is 0 Å². The molecule has 2 aromatic carbocycles. The Labute approximate surface area is 256 Å². The number of aliphatic imine (C=N–C) groups is 2. The first-order chi connectivity index (χ1) is 20.3. The first-order valence-electron chi connectivity index (χ1n) is 10.8. The van der Waals surface area contributed by atoms with Gasteiger partial charge < -0.3 is 10.3 Å². The number of hydrogen-bond acceptors (Lipinski definition) is 5. The Bertz CT molecular complexity index is 1440. The molecule has 258 valence electrons. The molecule has 2 aromatic rings. The molecule has 0 heterocycles. The van der Waals surface area contributed by atoms with E-state index in [2.05, 4.69) is 23.5 Å². The molecule has 0 aliphatic heterocycles. The smallest absolute Gasteiger partial charge is 0.435 e. The van der Waals surface area contributed by atoms with Gasteiger partial charge in [0.15, 0.2) is 0 Å². The zero-order chi connectivity index (χ0) is 35.4. The van der Waals surface area contributed by atoms with E-state index in [0.29, 0.717) is 24.3 Å². The number of nitro groups is 2. The normalized spacial score (nSPS) is 13.6. The molecule has 0 amide bonds. The Kier molecular flexibility index (Phi) is 13.0. The van der Waals surface area contributed by atoms with Gasteiger partial charge in [-0.3, -0.25) is 25.2 Å². The summed E-state index contributed by atoms with van der Waals surface area (Å²) in [7, 11) is 0. The summed E-state index contributed by atoms with van der Waals surface area (Å²) in [5.41, 5.74) is -4.33. The minimum Gasteiger partial charge on any atom is -0.435 e. The van der Waals surface area contributed by atoms with Gasteiger partial charge in [-0.2, -0.15) is 61.5 Å². The van der Waals surface area contributed by atoms with Gasteiger partial charge in [-0.15, -0.1) is 13.2 Å². The van der Waals surface area contributed by atoms with Crippen molar-refractivity contribution in [3.05, 3.63) is 87.2 Å². The van der Waals surface area contributed by atoms with Crippen molar-refractivity contribution in [3.63, 3.8) is 0 Å². The van der Waals surface area contributed by atoms with Crippen molar-refractivity contribution >= 4 is 34.4 Å². The van der Waals surface area contributed by atoms with Crippen molar-refractivity contribution in [1.29, 1.82) is 0 Å². The summed E-state index contributed by atoms with van der Waals surface area (Å²) < 4.78 is 191. The van der Waals surface area contributed by atoms with Gasteiger partial charge in [0, 0.05) is 24.3 Å². The van der Waals surface area contributed by atoms with Gasteiger partial charge in [0.25, 0.3) is 11.4 Å². The van der Waals surface area contributed by atoms with Crippen LogP contribution in [0.3, 0.4) is 0 Å². The standard InChI is InChI=1S/C20H8F14N5O4.C2H4.Cu/c21-15(22,17(25,26)19(29,30)31)13(35-9-1-5-11(6-2-9)38(40)41)37-14(16(23,24)18(27,28)20(32,33)34)36-10-3-7-12(8-4-10)39(42)43;1-2;/h1-8H;1-2H2;/q-1;;+1. The van der Waals surface area contributed by atoms with Gasteiger partial charge in [-0.1, -0.05) is 12.1 Å². The average Bonchev–Trinajstić information content (AvgIpc) is 2.92. The maximum Gasteiger partial charge on any atom is 1.00 e. The molecule has 0 unspecified atom stereocenters. The third kappa shape index (κ3) is 8.47. The number of non-ortho nitro benzene ring substituents is 2. The van der Waals surface area contributed by atoms with Crippen LogP contribution in [0.15, 0.2) is 71.7 Å². The summed E-state index contributed by atoms with van der Waals surface area (Å²) >= 11 is 0. The van der Waals surface area contributed by atoms with Crippen molar-refractivity contribution in [2.24, 2.45) is 9.98 Å². The van der Waals surface area contributed by atoms with Gasteiger partial charge >= 0.3 is 53.1 Å². The maximum atomic E-state index is 14.6. The molecule has 0 fully saturated rings. The number of alkyl halides is 14. The number of amidine groups is 2. The SMILES string of the molecule is C=C.O=[N+]([O-])c1ccc(N=C(N=C([N-]c2ccc([N+](=O)[O-])cc2)C(F)(F)C(F)(F)C(F)(F)F)C(F)(F)C(F)(F)C(F)(F)F)cc1.[Cu+].